The van der Waals surface area contributed by atoms with Gasteiger partial charge in [-0.3, -0.25) is 9.59 Å². The fourth-order valence-electron chi connectivity index (χ4n) is 2.67. The number of hydrogen-bond donors (Lipinski definition) is 2. The Labute approximate surface area is 132 Å². The summed E-state index contributed by atoms with van der Waals surface area (Å²) in [5.41, 5.74) is 0. The van der Waals surface area contributed by atoms with Gasteiger partial charge >= 0.3 is 5.97 Å². The van der Waals surface area contributed by atoms with Crippen molar-refractivity contribution in [3.8, 4) is 0 Å². The second-order valence-electron chi connectivity index (χ2n) is 5.77. The van der Waals surface area contributed by atoms with Gasteiger partial charge in [0.2, 0.25) is 15.9 Å². The van der Waals surface area contributed by atoms with Crippen molar-refractivity contribution in [3.05, 3.63) is 0 Å². The van der Waals surface area contributed by atoms with Crippen molar-refractivity contribution in [1.82, 2.24) is 9.62 Å². The van der Waals surface area contributed by atoms with Gasteiger partial charge in [-0.2, -0.15) is 0 Å². The summed E-state index contributed by atoms with van der Waals surface area (Å²) in [5, 5.41) is 11.8. The predicted molar refractivity (Wildman–Crippen MR) is 82.8 cm³/mol. The zero-order chi connectivity index (χ0) is 16.8. The minimum absolute atomic E-state index is 0.0640. The number of hydrogen-bond acceptors (Lipinski definition) is 4. The molecule has 0 aliphatic heterocycles. The standard InChI is InChI=1S/C14H26N2O5S/c1-3-22(20,21)16(2)9-5-8-15-13(17)11-6-4-7-12(10-11)14(18)19/h11-12H,3-10H2,1-2H3,(H,15,17)(H,18,19). The molecule has 22 heavy (non-hydrogen) atoms. The van der Waals surface area contributed by atoms with Gasteiger partial charge < -0.3 is 10.4 Å². The maximum absolute atomic E-state index is 12.0. The van der Waals surface area contributed by atoms with E-state index < -0.39 is 21.9 Å². The smallest absolute Gasteiger partial charge is 0.306 e. The fourth-order valence-corrected chi connectivity index (χ4v) is 3.52. The van der Waals surface area contributed by atoms with Gasteiger partial charge in [0.05, 0.1) is 11.7 Å². The fraction of sp³-hybridized carbons (Fsp3) is 0.857. The number of nitrogens with zero attached hydrogens (tertiary/aromatic N) is 1. The van der Waals surface area contributed by atoms with E-state index in [4.69, 9.17) is 5.11 Å². The minimum Gasteiger partial charge on any atom is -0.481 e. The first-order valence-electron chi connectivity index (χ1n) is 7.72. The van der Waals surface area contributed by atoms with E-state index in [2.05, 4.69) is 5.32 Å². The van der Waals surface area contributed by atoms with Crippen LogP contribution in [0.15, 0.2) is 0 Å². The zero-order valence-corrected chi connectivity index (χ0v) is 14.1. The maximum Gasteiger partial charge on any atom is 0.306 e. The molecule has 0 aromatic rings. The molecule has 0 heterocycles. The molecule has 0 saturated heterocycles. The minimum atomic E-state index is -3.18. The van der Waals surface area contributed by atoms with Crippen molar-refractivity contribution >= 4 is 21.9 Å². The quantitative estimate of drug-likeness (QED) is 0.635. The van der Waals surface area contributed by atoms with Crippen LogP contribution in [-0.2, 0) is 19.6 Å². The molecule has 1 amide bonds. The molecule has 128 valence electrons. The second kappa shape index (κ2) is 8.47. The average Bonchev–Trinajstić information content (AvgIpc) is 2.51. The molecule has 0 spiro atoms. The number of nitrogens with one attached hydrogen (secondary N) is 1. The number of sulfonamides is 1. The summed E-state index contributed by atoms with van der Waals surface area (Å²) < 4.78 is 24.4. The third kappa shape index (κ3) is 5.57. The highest BCUT2D eigenvalue weighted by atomic mass is 32.2. The van der Waals surface area contributed by atoms with Crippen LogP contribution in [0.4, 0.5) is 0 Å². The van der Waals surface area contributed by atoms with Crippen LogP contribution in [0, 0.1) is 11.8 Å². The molecule has 0 aromatic carbocycles. The molecular formula is C14H26N2O5S. The Balaban J connectivity index is 2.30. The summed E-state index contributed by atoms with van der Waals surface area (Å²) in [6.07, 6.45) is 3.05. The number of carboxylic acids is 1. The highest BCUT2D eigenvalue weighted by Crippen LogP contribution is 2.29. The molecule has 1 aliphatic rings. The lowest BCUT2D eigenvalue weighted by Crippen LogP contribution is -2.37. The number of aliphatic carboxylic acids is 1. The number of rotatable bonds is 8. The van der Waals surface area contributed by atoms with Gasteiger partial charge in [-0.05, 0) is 32.6 Å². The largest absolute Gasteiger partial charge is 0.481 e. The first-order valence-corrected chi connectivity index (χ1v) is 9.33. The lowest BCUT2D eigenvalue weighted by Gasteiger charge is -2.25. The van der Waals surface area contributed by atoms with Crippen molar-refractivity contribution in [1.29, 1.82) is 0 Å². The monoisotopic (exact) mass is 334 g/mol. The summed E-state index contributed by atoms with van der Waals surface area (Å²) in [4.78, 5) is 23.0. The van der Waals surface area contributed by atoms with Crippen molar-refractivity contribution in [2.45, 2.75) is 39.0 Å². The van der Waals surface area contributed by atoms with Crippen LogP contribution in [0.3, 0.4) is 0 Å². The lowest BCUT2D eigenvalue weighted by atomic mass is 9.81. The molecule has 1 rings (SSSR count). The molecule has 0 bridgehead atoms. The Kier molecular flexibility index (Phi) is 7.28. The maximum atomic E-state index is 12.0. The molecular weight excluding hydrogens is 308 g/mol. The van der Waals surface area contributed by atoms with Gasteiger partial charge in [0, 0.05) is 26.1 Å². The highest BCUT2D eigenvalue weighted by Gasteiger charge is 2.30. The Morgan fingerprint density at radius 2 is 1.91 bits per heavy atom. The molecule has 7 nitrogen and oxygen atoms in total. The third-order valence-corrected chi connectivity index (χ3v) is 6.04. The summed E-state index contributed by atoms with van der Waals surface area (Å²) >= 11 is 0. The predicted octanol–water partition coefficient (Wildman–Crippen LogP) is 0.665. The zero-order valence-electron chi connectivity index (χ0n) is 13.2. The van der Waals surface area contributed by atoms with Crippen molar-refractivity contribution in [3.63, 3.8) is 0 Å². The van der Waals surface area contributed by atoms with Crippen LogP contribution < -0.4 is 5.32 Å². The number of carbonyl (C=O) groups is 2. The van der Waals surface area contributed by atoms with Crippen LogP contribution in [0.5, 0.6) is 0 Å². The first kappa shape index (κ1) is 18.9. The van der Waals surface area contributed by atoms with Gasteiger partial charge in [-0.25, -0.2) is 12.7 Å². The highest BCUT2D eigenvalue weighted by molar-refractivity contribution is 7.89. The van der Waals surface area contributed by atoms with Crippen molar-refractivity contribution in [2.75, 3.05) is 25.9 Å². The van der Waals surface area contributed by atoms with E-state index >= 15 is 0 Å². The molecule has 0 radical (unpaired) electrons. The van der Waals surface area contributed by atoms with Gasteiger partial charge in [-0.15, -0.1) is 0 Å². The molecule has 1 aliphatic carbocycles. The first-order chi connectivity index (χ1) is 10.3. The van der Waals surface area contributed by atoms with Crippen LogP contribution in [0.2, 0.25) is 0 Å². The van der Waals surface area contributed by atoms with Crippen LogP contribution in [0.25, 0.3) is 0 Å². The van der Waals surface area contributed by atoms with Gasteiger partial charge in [0.15, 0.2) is 0 Å². The van der Waals surface area contributed by atoms with Crippen LogP contribution in [0.1, 0.15) is 39.0 Å². The average molecular weight is 334 g/mol. The lowest BCUT2D eigenvalue weighted by molar-refractivity contribution is -0.144. The number of carboxylic acid groups (broad SMARTS) is 1. The van der Waals surface area contributed by atoms with E-state index in [1.807, 2.05) is 0 Å². The third-order valence-electron chi connectivity index (χ3n) is 4.18. The number of carbonyl (C=O) groups excluding carboxylic acids is 1. The summed E-state index contributed by atoms with van der Waals surface area (Å²) in [7, 11) is -1.65. The van der Waals surface area contributed by atoms with E-state index in [1.54, 1.807) is 6.92 Å². The van der Waals surface area contributed by atoms with Crippen LogP contribution >= 0.6 is 0 Å². The molecule has 2 atom stereocenters. The normalized spacial score (nSPS) is 22.5. The molecule has 2 N–H and O–H groups in total. The summed E-state index contributed by atoms with van der Waals surface area (Å²) in [6, 6.07) is 0. The summed E-state index contributed by atoms with van der Waals surface area (Å²) in [5.74, 6) is -1.55. The topological polar surface area (TPSA) is 104 Å². The second-order valence-corrected chi connectivity index (χ2v) is 8.13. The Bertz CT molecular complexity index is 491. The Morgan fingerprint density at radius 1 is 1.27 bits per heavy atom. The van der Waals surface area contributed by atoms with Gasteiger partial charge in [-0.1, -0.05) is 6.42 Å². The SMILES string of the molecule is CCS(=O)(=O)N(C)CCCNC(=O)C1CCCC(C(=O)O)C1. The van der Waals surface area contributed by atoms with E-state index in [1.165, 1.54) is 11.4 Å². The number of amides is 1. The molecule has 1 fully saturated rings. The molecule has 1 saturated carbocycles. The Morgan fingerprint density at radius 3 is 2.50 bits per heavy atom. The van der Waals surface area contributed by atoms with Crippen molar-refractivity contribution in [2.24, 2.45) is 11.8 Å². The van der Waals surface area contributed by atoms with E-state index in [0.29, 0.717) is 32.4 Å². The van der Waals surface area contributed by atoms with Crippen LogP contribution in [-0.4, -0.2) is 55.6 Å². The van der Waals surface area contributed by atoms with E-state index in [0.717, 1.165) is 12.8 Å². The van der Waals surface area contributed by atoms with Gasteiger partial charge in [0.1, 0.15) is 0 Å². The van der Waals surface area contributed by atoms with E-state index in [9.17, 15) is 18.0 Å². The Hall–Kier alpha value is -1.15. The molecule has 8 heteroatoms. The van der Waals surface area contributed by atoms with E-state index in [-0.39, 0.29) is 17.6 Å². The molecule has 2 unspecified atom stereocenters. The molecule has 0 aromatic heterocycles. The summed E-state index contributed by atoms with van der Waals surface area (Å²) in [6.45, 7) is 2.35. The van der Waals surface area contributed by atoms with Crippen molar-refractivity contribution < 1.29 is 23.1 Å². The van der Waals surface area contributed by atoms with Gasteiger partial charge in [0.25, 0.3) is 0 Å².